The normalized spacial score (nSPS) is 20.0. The number of para-hydroxylation sites is 1. The van der Waals surface area contributed by atoms with E-state index in [1.807, 2.05) is 0 Å². The SMILES string of the molecule is c1ccc(CN2CCC3(CC2)OCCc2c3[nH]c3ccccc23)cc1. The Bertz CT molecular complexity index is 875. The molecule has 0 amide bonds. The summed E-state index contributed by atoms with van der Waals surface area (Å²) in [5.41, 5.74) is 5.37. The largest absolute Gasteiger partial charge is 0.368 e. The molecular weight excluding hydrogens is 308 g/mol. The van der Waals surface area contributed by atoms with Crippen LogP contribution >= 0.6 is 0 Å². The molecule has 25 heavy (non-hydrogen) atoms. The number of nitrogens with one attached hydrogen (secondary N) is 1. The van der Waals surface area contributed by atoms with E-state index >= 15 is 0 Å². The van der Waals surface area contributed by atoms with Crippen LogP contribution in [0.5, 0.6) is 0 Å². The van der Waals surface area contributed by atoms with Gasteiger partial charge in [-0.1, -0.05) is 48.5 Å². The van der Waals surface area contributed by atoms with Crippen LogP contribution < -0.4 is 0 Å². The van der Waals surface area contributed by atoms with Gasteiger partial charge in [-0.15, -0.1) is 0 Å². The lowest BCUT2D eigenvalue weighted by atomic mass is 9.83. The zero-order valence-corrected chi connectivity index (χ0v) is 14.5. The number of hydrogen-bond donors (Lipinski definition) is 1. The summed E-state index contributed by atoms with van der Waals surface area (Å²) < 4.78 is 6.40. The van der Waals surface area contributed by atoms with E-state index in [9.17, 15) is 0 Å². The van der Waals surface area contributed by atoms with E-state index in [1.54, 1.807) is 0 Å². The van der Waals surface area contributed by atoms with E-state index in [0.717, 1.165) is 45.5 Å². The van der Waals surface area contributed by atoms with Crippen LogP contribution in [0.4, 0.5) is 0 Å². The molecule has 2 aliphatic rings. The van der Waals surface area contributed by atoms with E-state index in [1.165, 1.54) is 27.7 Å². The summed E-state index contributed by atoms with van der Waals surface area (Å²) >= 11 is 0. The molecule has 3 aromatic rings. The first-order valence-corrected chi connectivity index (χ1v) is 9.34. The van der Waals surface area contributed by atoms with Gasteiger partial charge < -0.3 is 9.72 Å². The summed E-state index contributed by atoms with van der Waals surface area (Å²) in [5.74, 6) is 0. The van der Waals surface area contributed by atoms with Crippen molar-refractivity contribution in [2.75, 3.05) is 19.7 Å². The summed E-state index contributed by atoms with van der Waals surface area (Å²) in [6.45, 7) is 4.05. The maximum absolute atomic E-state index is 6.40. The Kier molecular flexibility index (Phi) is 3.65. The maximum atomic E-state index is 6.40. The van der Waals surface area contributed by atoms with Gasteiger partial charge in [-0.2, -0.15) is 0 Å². The Hall–Kier alpha value is -2.10. The number of aromatic amines is 1. The van der Waals surface area contributed by atoms with Crippen molar-refractivity contribution >= 4 is 10.9 Å². The first-order valence-electron chi connectivity index (χ1n) is 9.34. The van der Waals surface area contributed by atoms with Gasteiger partial charge in [0, 0.05) is 30.5 Å². The second-order valence-corrected chi connectivity index (χ2v) is 7.38. The number of fused-ring (bicyclic) bond motifs is 4. The lowest BCUT2D eigenvalue weighted by Gasteiger charge is -2.43. The van der Waals surface area contributed by atoms with Crippen molar-refractivity contribution in [3.05, 3.63) is 71.4 Å². The minimum Gasteiger partial charge on any atom is -0.368 e. The van der Waals surface area contributed by atoms with E-state index in [2.05, 4.69) is 64.5 Å². The van der Waals surface area contributed by atoms with Gasteiger partial charge in [-0.05, 0) is 36.5 Å². The van der Waals surface area contributed by atoms with E-state index in [0.29, 0.717) is 0 Å². The molecule has 0 aliphatic carbocycles. The van der Waals surface area contributed by atoms with Crippen molar-refractivity contribution in [1.82, 2.24) is 9.88 Å². The van der Waals surface area contributed by atoms with Gasteiger partial charge in [-0.25, -0.2) is 0 Å². The van der Waals surface area contributed by atoms with Gasteiger partial charge in [-0.3, -0.25) is 4.90 Å². The highest BCUT2D eigenvalue weighted by Gasteiger charge is 2.42. The second-order valence-electron chi connectivity index (χ2n) is 7.38. The van der Waals surface area contributed by atoms with Crippen LogP contribution in [0, 0.1) is 0 Å². The Labute approximate surface area is 148 Å². The minimum atomic E-state index is -0.111. The molecule has 3 heteroatoms. The van der Waals surface area contributed by atoms with Crippen molar-refractivity contribution in [1.29, 1.82) is 0 Å². The van der Waals surface area contributed by atoms with E-state index in [-0.39, 0.29) is 5.60 Å². The zero-order valence-electron chi connectivity index (χ0n) is 14.5. The molecule has 0 bridgehead atoms. The lowest BCUT2D eigenvalue weighted by molar-refractivity contribution is -0.101. The summed E-state index contributed by atoms with van der Waals surface area (Å²) in [6.07, 6.45) is 3.16. The highest BCUT2D eigenvalue weighted by atomic mass is 16.5. The van der Waals surface area contributed by atoms with Crippen molar-refractivity contribution < 1.29 is 4.74 Å². The fourth-order valence-corrected chi connectivity index (χ4v) is 4.58. The average Bonchev–Trinajstić information content (AvgIpc) is 3.05. The number of rotatable bonds is 2. The van der Waals surface area contributed by atoms with Crippen LogP contribution in [0.3, 0.4) is 0 Å². The number of likely N-dealkylation sites (tertiary alicyclic amines) is 1. The molecule has 2 aromatic carbocycles. The summed E-state index contributed by atoms with van der Waals surface area (Å²) in [7, 11) is 0. The number of aromatic nitrogens is 1. The standard InChI is InChI=1S/C22H24N2O/c1-2-6-17(7-3-1)16-24-13-11-22(12-14-24)21-19(10-15-25-22)18-8-4-5-9-20(18)23-21/h1-9,23H,10-16H2. The second kappa shape index (κ2) is 6.01. The molecule has 3 heterocycles. The molecule has 128 valence electrons. The number of ether oxygens (including phenoxy) is 1. The fraction of sp³-hybridized carbons (Fsp3) is 0.364. The molecule has 1 saturated heterocycles. The van der Waals surface area contributed by atoms with Crippen molar-refractivity contribution in [2.24, 2.45) is 0 Å². The molecule has 0 saturated carbocycles. The zero-order chi connectivity index (χ0) is 16.7. The van der Waals surface area contributed by atoms with Crippen LogP contribution in [0.25, 0.3) is 10.9 Å². The number of nitrogens with zero attached hydrogens (tertiary/aromatic N) is 1. The molecule has 0 unspecified atom stereocenters. The molecular formula is C22H24N2O. The predicted octanol–water partition coefficient (Wildman–Crippen LogP) is 4.23. The topological polar surface area (TPSA) is 28.3 Å². The third-order valence-corrected chi connectivity index (χ3v) is 5.91. The maximum Gasteiger partial charge on any atom is 0.110 e. The molecule has 1 fully saturated rings. The van der Waals surface area contributed by atoms with Crippen LogP contribution in [0.1, 0.15) is 29.7 Å². The highest BCUT2D eigenvalue weighted by molar-refractivity contribution is 5.85. The Morgan fingerprint density at radius 1 is 0.960 bits per heavy atom. The molecule has 0 atom stereocenters. The van der Waals surface area contributed by atoms with Crippen LogP contribution in [0.2, 0.25) is 0 Å². The van der Waals surface area contributed by atoms with E-state index < -0.39 is 0 Å². The Balaban J connectivity index is 1.40. The van der Waals surface area contributed by atoms with Gasteiger partial charge >= 0.3 is 0 Å². The summed E-state index contributed by atoms with van der Waals surface area (Å²) in [5, 5.41) is 1.38. The van der Waals surface area contributed by atoms with Gasteiger partial charge in [0.1, 0.15) is 5.60 Å². The third kappa shape index (κ3) is 2.59. The molecule has 1 aromatic heterocycles. The Morgan fingerprint density at radius 3 is 2.56 bits per heavy atom. The van der Waals surface area contributed by atoms with Crippen LogP contribution in [-0.2, 0) is 23.3 Å². The Morgan fingerprint density at radius 2 is 1.72 bits per heavy atom. The monoisotopic (exact) mass is 332 g/mol. The van der Waals surface area contributed by atoms with Gasteiger partial charge in [0.15, 0.2) is 0 Å². The van der Waals surface area contributed by atoms with Gasteiger partial charge in [0.25, 0.3) is 0 Å². The molecule has 2 aliphatic heterocycles. The van der Waals surface area contributed by atoms with Crippen molar-refractivity contribution in [3.63, 3.8) is 0 Å². The molecule has 3 nitrogen and oxygen atoms in total. The molecule has 1 spiro atoms. The summed E-state index contributed by atoms with van der Waals surface area (Å²) in [6, 6.07) is 19.5. The van der Waals surface area contributed by atoms with Crippen LogP contribution in [0.15, 0.2) is 54.6 Å². The van der Waals surface area contributed by atoms with Crippen molar-refractivity contribution in [3.8, 4) is 0 Å². The van der Waals surface area contributed by atoms with Crippen molar-refractivity contribution in [2.45, 2.75) is 31.4 Å². The third-order valence-electron chi connectivity index (χ3n) is 5.91. The number of piperidine rings is 1. The number of benzene rings is 2. The highest BCUT2D eigenvalue weighted by Crippen LogP contribution is 2.43. The summed E-state index contributed by atoms with van der Waals surface area (Å²) in [4.78, 5) is 6.25. The first kappa shape index (κ1) is 15.2. The smallest absolute Gasteiger partial charge is 0.110 e. The average molecular weight is 332 g/mol. The number of hydrogen-bond acceptors (Lipinski definition) is 2. The van der Waals surface area contributed by atoms with Gasteiger partial charge in [0.05, 0.1) is 12.3 Å². The predicted molar refractivity (Wildman–Crippen MR) is 101 cm³/mol. The fourth-order valence-electron chi connectivity index (χ4n) is 4.58. The molecule has 5 rings (SSSR count). The van der Waals surface area contributed by atoms with Gasteiger partial charge in [0.2, 0.25) is 0 Å². The van der Waals surface area contributed by atoms with Crippen LogP contribution in [-0.4, -0.2) is 29.6 Å². The molecule has 0 radical (unpaired) electrons. The minimum absolute atomic E-state index is 0.111. The quantitative estimate of drug-likeness (QED) is 0.760. The first-order chi connectivity index (χ1) is 12.3. The molecule has 1 N–H and O–H groups in total. The lowest BCUT2D eigenvalue weighted by Crippen LogP contribution is -2.46. The number of H-pyrrole nitrogens is 1. The van der Waals surface area contributed by atoms with E-state index in [4.69, 9.17) is 4.74 Å².